The SMILES string of the molecule is COc1ccc(-c2nc(CSc3nnc(COc4ccccc4Cl)n3C)cs2)cc1OC. The van der Waals surface area contributed by atoms with Crippen molar-refractivity contribution in [2.45, 2.75) is 17.5 Å². The average Bonchev–Trinajstić information content (AvgIpc) is 3.43. The normalized spacial score (nSPS) is 10.9. The van der Waals surface area contributed by atoms with Gasteiger partial charge in [-0.3, -0.25) is 0 Å². The Bertz CT molecular complexity index is 1210. The maximum absolute atomic E-state index is 6.14. The van der Waals surface area contributed by atoms with Crippen LogP contribution in [-0.2, 0) is 19.4 Å². The molecule has 2 aromatic carbocycles. The van der Waals surface area contributed by atoms with Crippen molar-refractivity contribution in [3.63, 3.8) is 0 Å². The van der Waals surface area contributed by atoms with Gasteiger partial charge in [0.2, 0.25) is 0 Å². The minimum Gasteiger partial charge on any atom is -0.493 e. The maximum Gasteiger partial charge on any atom is 0.191 e. The number of ether oxygens (including phenoxy) is 3. The van der Waals surface area contributed by atoms with Gasteiger partial charge in [-0.25, -0.2) is 4.98 Å². The van der Waals surface area contributed by atoms with E-state index in [-0.39, 0.29) is 6.61 Å². The first-order valence-electron chi connectivity index (χ1n) is 9.64. The van der Waals surface area contributed by atoms with Crippen LogP contribution in [0.1, 0.15) is 11.5 Å². The highest BCUT2D eigenvalue weighted by Crippen LogP contribution is 2.34. The summed E-state index contributed by atoms with van der Waals surface area (Å²) in [7, 11) is 5.17. The van der Waals surface area contributed by atoms with Gasteiger partial charge in [-0.2, -0.15) is 0 Å². The molecule has 4 rings (SSSR count). The molecule has 0 aliphatic heterocycles. The van der Waals surface area contributed by atoms with E-state index in [4.69, 9.17) is 30.8 Å². The van der Waals surface area contributed by atoms with Crippen LogP contribution in [0.25, 0.3) is 10.6 Å². The molecule has 0 N–H and O–H groups in total. The Morgan fingerprint density at radius 2 is 1.84 bits per heavy atom. The number of thiazole rings is 1. The summed E-state index contributed by atoms with van der Waals surface area (Å²) < 4.78 is 18.4. The molecule has 4 aromatic rings. The molecule has 0 fully saturated rings. The van der Waals surface area contributed by atoms with E-state index in [2.05, 4.69) is 15.6 Å². The second-order valence-electron chi connectivity index (χ2n) is 6.68. The molecule has 0 aliphatic carbocycles. The lowest BCUT2D eigenvalue weighted by Gasteiger charge is -2.08. The molecule has 10 heteroatoms. The third-order valence-corrected chi connectivity index (χ3v) is 6.96. The van der Waals surface area contributed by atoms with E-state index in [1.165, 1.54) is 0 Å². The van der Waals surface area contributed by atoms with E-state index < -0.39 is 0 Å². The van der Waals surface area contributed by atoms with Crippen molar-refractivity contribution < 1.29 is 14.2 Å². The second-order valence-corrected chi connectivity index (χ2v) is 8.89. The Morgan fingerprint density at radius 1 is 1.03 bits per heavy atom. The predicted molar refractivity (Wildman–Crippen MR) is 127 cm³/mol. The highest BCUT2D eigenvalue weighted by Gasteiger charge is 2.13. The number of aromatic nitrogens is 4. The van der Waals surface area contributed by atoms with Crippen LogP contribution in [0.3, 0.4) is 0 Å². The van der Waals surface area contributed by atoms with Gasteiger partial charge >= 0.3 is 0 Å². The lowest BCUT2D eigenvalue weighted by Crippen LogP contribution is -2.04. The number of halogens is 1. The molecule has 2 heterocycles. The minimum absolute atomic E-state index is 0.286. The molecule has 0 saturated carbocycles. The molecule has 0 saturated heterocycles. The van der Waals surface area contributed by atoms with Gasteiger partial charge < -0.3 is 18.8 Å². The number of hydrogen-bond acceptors (Lipinski definition) is 8. The molecule has 0 unspecified atom stereocenters. The molecular formula is C22H21ClN4O3S2. The molecule has 7 nitrogen and oxygen atoms in total. The molecular weight excluding hydrogens is 468 g/mol. The Labute approximate surface area is 199 Å². The standard InChI is InChI=1S/C22H21ClN4O3S2/c1-27-20(11-30-17-7-5-4-6-16(17)23)25-26-22(27)32-13-15-12-31-21(24-15)14-8-9-18(28-2)19(10-14)29-3/h4-10,12H,11,13H2,1-3H3. The molecule has 0 bridgehead atoms. The smallest absolute Gasteiger partial charge is 0.191 e. The minimum atomic E-state index is 0.286. The number of hydrogen-bond donors (Lipinski definition) is 0. The molecule has 2 aromatic heterocycles. The Morgan fingerprint density at radius 3 is 2.62 bits per heavy atom. The number of nitrogens with zero attached hydrogens (tertiary/aromatic N) is 4. The van der Waals surface area contributed by atoms with Gasteiger partial charge in [0.05, 0.1) is 24.9 Å². The van der Waals surface area contributed by atoms with Crippen molar-refractivity contribution in [2.75, 3.05) is 14.2 Å². The van der Waals surface area contributed by atoms with Crippen LogP contribution < -0.4 is 14.2 Å². The molecule has 0 aliphatic rings. The fourth-order valence-electron chi connectivity index (χ4n) is 2.91. The van der Waals surface area contributed by atoms with Crippen molar-refractivity contribution in [1.29, 1.82) is 0 Å². The van der Waals surface area contributed by atoms with E-state index in [9.17, 15) is 0 Å². The number of para-hydroxylation sites is 1. The van der Waals surface area contributed by atoms with Crippen LogP contribution in [0.4, 0.5) is 0 Å². The van der Waals surface area contributed by atoms with Gasteiger partial charge in [-0.05, 0) is 30.3 Å². The van der Waals surface area contributed by atoms with Crippen LogP contribution in [0.5, 0.6) is 17.2 Å². The summed E-state index contributed by atoms with van der Waals surface area (Å²) in [5, 5.41) is 12.9. The monoisotopic (exact) mass is 488 g/mol. The quantitative estimate of drug-likeness (QED) is 0.289. The number of thioether (sulfide) groups is 1. The molecule has 0 atom stereocenters. The number of methoxy groups -OCH3 is 2. The van der Waals surface area contributed by atoms with Gasteiger partial charge in [0.1, 0.15) is 17.4 Å². The summed E-state index contributed by atoms with van der Waals surface area (Å²) in [4.78, 5) is 4.75. The van der Waals surface area contributed by atoms with Gasteiger partial charge in [-0.1, -0.05) is 35.5 Å². The summed E-state index contributed by atoms with van der Waals surface area (Å²) >= 11 is 9.31. The Balaban J connectivity index is 1.39. The lowest BCUT2D eigenvalue weighted by atomic mass is 10.2. The number of rotatable bonds is 9. The summed E-state index contributed by atoms with van der Waals surface area (Å²) in [5.41, 5.74) is 1.96. The largest absolute Gasteiger partial charge is 0.493 e. The Kier molecular flexibility index (Phi) is 7.19. The van der Waals surface area contributed by atoms with Gasteiger partial charge in [0.25, 0.3) is 0 Å². The topological polar surface area (TPSA) is 71.3 Å². The van der Waals surface area contributed by atoms with E-state index in [0.29, 0.717) is 28.0 Å². The molecule has 166 valence electrons. The summed E-state index contributed by atoms with van der Waals surface area (Å²) in [6, 6.07) is 13.2. The third-order valence-electron chi connectivity index (χ3n) is 4.65. The first-order chi connectivity index (χ1) is 15.6. The van der Waals surface area contributed by atoms with Gasteiger partial charge in [-0.15, -0.1) is 21.5 Å². The van der Waals surface area contributed by atoms with Crippen LogP contribution in [0.15, 0.2) is 53.0 Å². The highest BCUT2D eigenvalue weighted by atomic mass is 35.5. The predicted octanol–water partition coefficient (Wildman–Crippen LogP) is 5.48. The first-order valence-corrected chi connectivity index (χ1v) is 11.9. The van der Waals surface area contributed by atoms with Crippen LogP contribution in [0, 0.1) is 0 Å². The van der Waals surface area contributed by atoms with Crippen LogP contribution in [-0.4, -0.2) is 34.0 Å². The zero-order chi connectivity index (χ0) is 22.5. The highest BCUT2D eigenvalue weighted by molar-refractivity contribution is 7.98. The van der Waals surface area contributed by atoms with Crippen LogP contribution >= 0.6 is 34.7 Å². The van der Waals surface area contributed by atoms with Crippen molar-refractivity contribution in [2.24, 2.45) is 7.05 Å². The molecule has 0 radical (unpaired) electrons. The lowest BCUT2D eigenvalue weighted by molar-refractivity contribution is 0.290. The maximum atomic E-state index is 6.14. The van der Waals surface area contributed by atoms with Crippen LogP contribution in [0.2, 0.25) is 5.02 Å². The first kappa shape index (κ1) is 22.4. The fraction of sp³-hybridized carbons (Fsp3) is 0.227. The average molecular weight is 489 g/mol. The Hall–Kier alpha value is -2.75. The molecule has 32 heavy (non-hydrogen) atoms. The van der Waals surface area contributed by atoms with E-state index >= 15 is 0 Å². The zero-order valence-electron chi connectivity index (χ0n) is 17.7. The van der Waals surface area contributed by atoms with E-state index in [0.717, 1.165) is 27.2 Å². The summed E-state index contributed by atoms with van der Waals surface area (Å²) in [6.07, 6.45) is 0. The van der Waals surface area contributed by atoms with Gasteiger partial charge in [0, 0.05) is 23.7 Å². The van der Waals surface area contributed by atoms with Crippen molar-refractivity contribution in [3.8, 4) is 27.8 Å². The number of benzene rings is 2. The van der Waals surface area contributed by atoms with Crippen molar-refractivity contribution >= 4 is 34.7 Å². The second kappa shape index (κ2) is 10.2. The van der Waals surface area contributed by atoms with E-state index in [1.54, 1.807) is 43.4 Å². The fourth-order valence-corrected chi connectivity index (χ4v) is 4.85. The van der Waals surface area contributed by atoms with Crippen molar-refractivity contribution in [3.05, 3.63) is 64.4 Å². The summed E-state index contributed by atoms with van der Waals surface area (Å²) in [5.74, 6) is 3.40. The molecule has 0 amide bonds. The third kappa shape index (κ3) is 5.01. The van der Waals surface area contributed by atoms with E-state index in [1.807, 2.05) is 48.0 Å². The van der Waals surface area contributed by atoms with Gasteiger partial charge in [0.15, 0.2) is 22.5 Å². The zero-order valence-corrected chi connectivity index (χ0v) is 20.1. The molecule has 0 spiro atoms. The van der Waals surface area contributed by atoms with Crippen molar-refractivity contribution in [1.82, 2.24) is 19.7 Å². The summed E-state index contributed by atoms with van der Waals surface area (Å²) in [6.45, 7) is 0.286.